The van der Waals surface area contributed by atoms with Crippen molar-refractivity contribution in [3.05, 3.63) is 56.7 Å². The Morgan fingerprint density at radius 2 is 1.97 bits per heavy atom. The summed E-state index contributed by atoms with van der Waals surface area (Å²) in [5.41, 5.74) is 1.46. The summed E-state index contributed by atoms with van der Waals surface area (Å²) in [4.78, 5) is 39.1. The molecule has 4 rings (SSSR count). The van der Waals surface area contributed by atoms with Crippen LogP contribution >= 0.6 is 22.9 Å². The summed E-state index contributed by atoms with van der Waals surface area (Å²) in [5.74, 6) is 1.65. The van der Waals surface area contributed by atoms with E-state index in [4.69, 9.17) is 11.6 Å². The first-order valence-corrected chi connectivity index (χ1v) is 11.1. The Balaban J connectivity index is 1.46. The lowest BCUT2D eigenvalue weighted by molar-refractivity contribution is 0.103. The number of nitrogens with one attached hydrogen (secondary N) is 2. The van der Waals surface area contributed by atoms with Gasteiger partial charge in [-0.3, -0.25) is 9.80 Å². The second-order valence-corrected chi connectivity index (χ2v) is 8.66. The van der Waals surface area contributed by atoms with Gasteiger partial charge >= 0.3 is 0 Å². The van der Waals surface area contributed by atoms with E-state index in [1.165, 1.54) is 22.5 Å². The van der Waals surface area contributed by atoms with Crippen LogP contribution in [0.1, 0.15) is 21.1 Å². The van der Waals surface area contributed by atoms with E-state index >= 15 is 0 Å². The molecule has 2 aromatic heterocycles. The van der Waals surface area contributed by atoms with Crippen LogP contribution in [0.3, 0.4) is 0 Å². The monoisotopic (exact) mass is 472 g/mol. The number of rotatable bonds is 6. The van der Waals surface area contributed by atoms with Crippen LogP contribution in [0.15, 0.2) is 35.7 Å². The zero-order valence-electron chi connectivity index (χ0n) is 17.5. The Morgan fingerprint density at radius 1 is 1.19 bits per heavy atom. The second kappa shape index (κ2) is 9.45. The van der Waals surface area contributed by atoms with Gasteiger partial charge in [0, 0.05) is 19.2 Å². The van der Waals surface area contributed by atoms with E-state index in [1.807, 2.05) is 32.0 Å². The van der Waals surface area contributed by atoms with Gasteiger partial charge in [0.1, 0.15) is 22.3 Å². The third-order valence-corrected chi connectivity index (χ3v) is 6.17. The molecule has 10 nitrogen and oxygen atoms in total. The topological polar surface area (TPSA) is 116 Å². The van der Waals surface area contributed by atoms with Gasteiger partial charge in [-0.05, 0) is 25.5 Å². The number of thiazole rings is 1. The number of hydrogen-bond acceptors (Lipinski definition) is 9. The Labute approximate surface area is 193 Å². The van der Waals surface area contributed by atoms with Crippen molar-refractivity contribution in [1.29, 1.82) is 0 Å². The molecule has 1 fully saturated rings. The fourth-order valence-electron chi connectivity index (χ4n) is 3.30. The van der Waals surface area contributed by atoms with Crippen LogP contribution < -0.4 is 15.5 Å². The molecule has 0 atom stereocenters. The quantitative estimate of drug-likeness (QED) is 0.517. The van der Waals surface area contributed by atoms with E-state index in [-0.39, 0.29) is 5.91 Å². The van der Waals surface area contributed by atoms with Gasteiger partial charge in [-0.25, -0.2) is 15.0 Å². The Bertz CT molecular complexity index is 1130. The van der Waals surface area contributed by atoms with Gasteiger partial charge < -0.3 is 15.5 Å². The Morgan fingerprint density at radius 3 is 2.69 bits per heavy atom. The van der Waals surface area contributed by atoms with Crippen molar-refractivity contribution in [2.75, 3.05) is 41.7 Å². The van der Waals surface area contributed by atoms with Gasteiger partial charge in [0.05, 0.1) is 35.3 Å². The smallest absolute Gasteiger partial charge is 0.267 e. The van der Waals surface area contributed by atoms with E-state index in [2.05, 4.69) is 35.8 Å². The van der Waals surface area contributed by atoms with Crippen LogP contribution in [-0.4, -0.2) is 52.0 Å². The summed E-state index contributed by atoms with van der Waals surface area (Å²) in [6, 6.07) is 7.27. The molecule has 1 aromatic carbocycles. The molecule has 12 heteroatoms. The predicted molar refractivity (Wildman–Crippen MR) is 126 cm³/mol. The molecule has 0 bridgehead atoms. The molecule has 1 amide bonds. The van der Waals surface area contributed by atoms with Crippen LogP contribution in [0.25, 0.3) is 0 Å². The zero-order valence-corrected chi connectivity index (χ0v) is 19.1. The highest BCUT2D eigenvalue weighted by Gasteiger charge is 2.19. The summed E-state index contributed by atoms with van der Waals surface area (Å²) >= 11 is 7.41. The molecule has 1 aliphatic heterocycles. The number of nitrogens with zero attached hydrogens (tertiary/aromatic N) is 6. The lowest BCUT2D eigenvalue weighted by atomic mass is 10.2. The minimum atomic E-state index is -0.284. The highest BCUT2D eigenvalue weighted by Crippen LogP contribution is 2.28. The minimum Gasteiger partial charge on any atom is -0.353 e. The van der Waals surface area contributed by atoms with E-state index in [9.17, 15) is 9.70 Å². The first-order valence-electron chi connectivity index (χ1n) is 9.91. The lowest BCUT2D eigenvalue weighted by Gasteiger charge is -2.32. The highest BCUT2D eigenvalue weighted by atomic mass is 35.5. The Hall–Kier alpha value is -3.31. The van der Waals surface area contributed by atoms with Crippen LogP contribution in [-0.2, 0) is 0 Å². The van der Waals surface area contributed by atoms with Crippen LogP contribution in [0.2, 0.25) is 5.02 Å². The van der Waals surface area contributed by atoms with Gasteiger partial charge in [0.2, 0.25) is 0 Å². The maximum Gasteiger partial charge on any atom is 0.267 e. The third-order valence-electron chi connectivity index (χ3n) is 4.94. The Kier molecular flexibility index (Phi) is 6.47. The predicted octanol–water partition coefficient (Wildman–Crippen LogP) is 4.00. The fourth-order valence-corrected chi connectivity index (χ4v) is 4.28. The third kappa shape index (κ3) is 4.94. The molecule has 0 aliphatic carbocycles. The van der Waals surface area contributed by atoms with Crippen molar-refractivity contribution >= 4 is 51.3 Å². The van der Waals surface area contributed by atoms with E-state index < -0.39 is 0 Å². The molecular weight excluding hydrogens is 452 g/mol. The normalized spacial score (nSPS) is 13.7. The molecule has 1 aliphatic rings. The average Bonchev–Trinajstić information content (AvgIpc) is 3.24. The van der Waals surface area contributed by atoms with Crippen molar-refractivity contribution in [3.63, 3.8) is 0 Å². The van der Waals surface area contributed by atoms with Gasteiger partial charge in [-0.1, -0.05) is 35.1 Å². The molecule has 32 heavy (non-hydrogen) atoms. The average molecular weight is 473 g/mol. The minimum absolute atomic E-state index is 0.284. The molecule has 0 radical (unpaired) electrons. The summed E-state index contributed by atoms with van der Waals surface area (Å²) < 4.78 is 0. The molecule has 0 unspecified atom stereocenters. The summed E-state index contributed by atoms with van der Waals surface area (Å²) in [6.45, 7) is 6.07. The SMILES string of the molecule is Cc1nc(Nc2ncc(C(=O)Nc3c(C)cccc3Cl)s2)cc(N2CCN(N=O)CC2)n1. The number of aryl methyl sites for hydroxylation is 2. The van der Waals surface area contributed by atoms with Crippen molar-refractivity contribution in [3.8, 4) is 0 Å². The highest BCUT2D eigenvalue weighted by molar-refractivity contribution is 7.17. The number of halogens is 1. The lowest BCUT2D eigenvalue weighted by Crippen LogP contribution is -2.44. The number of aromatic nitrogens is 3. The molecule has 2 N–H and O–H groups in total. The second-order valence-electron chi connectivity index (χ2n) is 7.22. The summed E-state index contributed by atoms with van der Waals surface area (Å²) in [7, 11) is 0. The van der Waals surface area contributed by atoms with Crippen LogP contribution in [0.5, 0.6) is 0 Å². The fraction of sp³-hybridized carbons (Fsp3) is 0.300. The number of benzene rings is 1. The maximum atomic E-state index is 12.7. The molecule has 3 aromatic rings. The van der Waals surface area contributed by atoms with E-state index in [0.29, 0.717) is 58.5 Å². The van der Waals surface area contributed by atoms with Crippen molar-refractivity contribution < 1.29 is 4.79 Å². The number of carbonyl (C=O) groups excluding carboxylic acids is 1. The van der Waals surface area contributed by atoms with Gasteiger partial charge in [0.25, 0.3) is 5.91 Å². The van der Waals surface area contributed by atoms with Crippen molar-refractivity contribution in [2.24, 2.45) is 5.29 Å². The zero-order chi connectivity index (χ0) is 22.7. The van der Waals surface area contributed by atoms with Gasteiger partial charge in [-0.15, -0.1) is 4.91 Å². The molecule has 3 heterocycles. The number of carbonyl (C=O) groups is 1. The number of anilines is 4. The number of piperazine rings is 1. The number of amides is 1. The first-order chi connectivity index (χ1) is 15.4. The van der Waals surface area contributed by atoms with Gasteiger partial charge in [-0.2, -0.15) is 0 Å². The van der Waals surface area contributed by atoms with Crippen LogP contribution in [0, 0.1) is 18.8 Å². The van der Waals surface area contributed by atoms with Crippen LogP contribution in [0.4, 0.5) is 22.5 Å². The first kappa shape index (κ1) is 21.9. The number of nitroso groups, excluding NO2 is 1. The van der Waals surface area contributed by atoms with Crippen molar-refractivity contribution in [2.45, 2.75) is 13.8 Å². The molecule has 0 saturated carbocycles. The number of para-hydroxylation sites is 1. The summed E-state index contributed by atoms with van der Waals surface area (Å²) in [5, 5.41) is 11.5. The molecule has 0 spiro atoms. The largest absolute Gasteiger partial charge is 0.353 e. The molecule has 166 valence electrons. The number of hydrogen-bond donors (Lipinski definition) is 2. The van der Waals surface area contributed by atoms with Crippen molar-refractivity contribution in [1.82, 2.24) is 20.0 Å². The summed E-state index contributed by atoms with van der Waals surface area (Å²) in [6.07, 6.45) is 1.51. The molecular formula is C20H21ClN8O2S. The van der Waals surface area contributed by atoms with E-state index in [1.54, 1.807) is 6.07 Å². The van der Waals surface area contributed by atoms with Gasteiger partial charge in [0.15, 0.2) is 5.13 Å². The molecule has 1 saturated heterocycles. The standard InChI is InChI=1S/C20H21ClN8O2S/c1-12-4-3-5-14(21)18(12)26-19(30)15-11-22-20(32-15)25-16-10-17(24-13(2)23-16)28-6-8-29(27-31)9-7-28/h3-5,10-11H,6-9H2,1-2H3,(H,26,30)(H,22,23,24,25). The van der Waals surface area contributed by atoms with E-state index in [0.717, 1.165) is 11.4 Å². The maximum absolute atomic E-state index is 12.7.